The summed E-state index contributed by atoms with van der Waals surface area (Å²) in [6, 6.07) is 9.56. The standard InChI is InChI=1S/C13H15NO3/c1-8-10(11(8)13(16)17)12(15)14-7-9-5-3-2-4-6-9/h2-6,8,10-11H,7H2,1H3,(H,14,15)(H,16,17)/t8-,10-,11-/m1/s1. The number of carboxylic acids is 1. The van der Waals surface area contributed by atoms with Crippen molar-refractivity contribution in [2.75, 3.05) is 0 Å². The van der Waals surface area contributed by atoms with E-state index in [-0.39, 0.29) is 17.7 Å². The van der Waals surface area contributed by atoms with Crippen molar-refractivity contribution in [3.8, 4) is 0 Å². The molecule has 1 aromatic rings. The van der Waals surface area contributed by atoms with Crippen LogP contribution in [0.25, 0.3) is 0 Å². The number of aliphatic carboxylic acids is 1. The highest BCUT2D eigenvalue weighted by Crippen LogP contribution is 2.46. The highest BCUT2D eigenvalue weighted by Gasteiger charge is 2.56. The maximum Gasteiger partial charge on any atom is 0.307 e. The van der Waals surface area contributed by atoms with Gasteiger partial charge in [-0.15, -0.1) is 0 Å². The first-order valence-electron chi connectivity index (χ1n) is 5.65. The Morgan fingerprint density at radius 3 is 2.41 bits per heavy atom. The fourth-order valence-electron chi connectivity index (χ4n) is 2.15. The van der Waals surface area contributed by atoms with Gasteiger partial charge >= 0.3 is 5.97 Å². The minimum atomic E-state index is -0.877. The highest BCUT2D eigenvalue weighted by molar-refractivity contribution is 5.90. The Morgan fingerprint density at radius 1 is 1.24 bits per heavy atom. The maximum atomic E-state index is 11.7. The third-order valence-corrected chi connectivity index (χ3v) is 3.28. The predicted octanol–water partition coefficient (Wildman–Crippen LogP) is 1.27. The van der Waals surface area contributed by atoms with Gasteiger partial charge < -0.3 is 10.4 Å². The summed E-state index contributed by atoms with van der Waals surface area (Å²) >= 11 is 0. The molecule has 1 amide bonds. The van der Waals surface area contributed by atoms with Gasteiger partial charge in [0.05, 0.1) is 11.8 Å². The smallest absolute Gasteiger partial charge is 0.307 e. The van der Waals surface area contributed by atoms with E-state index in [1.807, 2.05) is 30.3 Å². The van der Waals surface area contributed by atoms with Crippen molar-refractivity contribution in [3.05, 3.63) is 35.9 Å². The lowest BCUT2D eigenvalue weighted by Crippen LogP contribution is -2.26. The van der Waals surface area contributed by atoms with Crippen LogP contribution in [-0.2, 0) is 16.1 Å². The summed E-state index contributed by atoms with van der Waals surface area (Å²) in [7, 11) is 0. The largest absolute Gasteiger partial charge is 0.481 e. The zero-order valence-corrected chi connectivity index (χ0v) is 9.59. The quantitative estimate of drug-likeness (QED) is 0.823. The lowest BCUT2D eigenvalue weighted by atomic mass is 10.2. The molecule has 90 valence electrons. The first-order valence-corrected chi connectivity index (χ1v) is 5.65. The number of nitrogens with one attached hydrogen (secondary N) is 1. The van der Waals surface area contributed by atoms with E-state index in [9.17, 15) is 9.59 Å². The van der Waals surface area contributed by atoms with E-state index in [1.165, 1.54) is 0 Å². The summed E-state index contributed by atoms with van der Waals surface area (Å²) in [5.74, 6) is -1.96. The predicted molar refractivity (Wildman–Crippen MR) is 62.1 cm³/mol. The molecule has 0 unspecified atom stereocenters. The molecular weight excluding hydrogens is 218 g/mol. The SMILES string of the molecule is C[C@H]1[C@@H](C(=O)O)[C@@H]1C(=O)NCc1ccccc1. The number of hydrogen-bond donors (Lipinski definition) is 2. The number of carboxylic acid groups (broad SMARTS) is 1. The Morgan fingerprint density at radius 2 is 1.88 bits per heavy atom. The summed E-state index contributed by atoms with van der Waals surface area (Å²) in [6.45, 7) is 2.25. The van der Waals surface area contributed by atoms with Gasteiger partial charge in [-0.3, -0.25) is 9.59 Å². The summed E-state index contributed by atoms with van der Waals surface area (Å²) in [4.78, 5) is 22.5. The second kappa shape index (κ2) is 4.57. The molecule has 1 aromatic carbocycles. The van der Waals surface area contributed by atoms with Gasteiger partial charge in [0.2, 0.25) is 5.91 Å². The number of benzene rings is 1. The lowest BCUT2D eigenvalue weighted by molar-refractivity contribution is -0.140. The second-order valence-corrected chi connectivity index (χ2v) is 4.45. The maximum absolute atomic E-state index is 11.7. The van der Waals surface area contributed by atoms with Crippen LogP contribution in [0.1, 0.15) is 12.5 Å². The molecule has 0 aliphatic heterocycles. The first kappa shape index (κ1) is 11.6. The van der Waals surface area contributed by atoms with Crippen LogP contribution in [0.2, 0.25) is 0 Å². The number of carbonyl (C=O) groups excluding carboxylic acids is 1. The third kappa shape index (κ3) is 2.46. The van der Waals surface area contributed by atoms with E-state index in [4.69, 9.17) is 5.11 Å². The molecule has 0 heterocycles. The molecule has 17 heavy (non-hydrogen) atoms. The average molecular weight is 233 g/mol. The van der Waals surface area contributed by atoms with Crippen LogP contribution in [-0.4, -0.2) is 17.0 Å². The minimum Gasteiger partial charge on any atom is -0.481 e. The summed E-state index contributed by atoms with van der Waals surface area (Å²) in [5, 5.41) is 11.6. The second-order valence-electron chi connectivity index (χ2n) is 4.45. The van der Waals surface area contributed by atoms with Crippen LogP contribution in [0.3, 0.4) is 0 Å². The molecule has 2 rings (SSSR count). The molecule has 1 aliphatic carbocycles. The molecular formula is C13H15NO3. The van der Waals surface area contributed by atoms with Crippen molar-refractivity contribution in [2.45, 2.75) is 13.5 Å². The lowest BCUT2D eigenvalue weighted by Gasteiger charge is -2.04. The van der Waals surface area contributed by atoms with Crippen molar-refractivity contribution in [2.24, 2.45) is 17.8 Å². The third-order valence-electron chi connectivity index (χ3n) is 3.28. The van der Waals surface area contributed by atoms with Crippen molar-refractivity contribution in [3.63, 3.8) is 0 Å². The molecule has 3 atom stereocenters. The molecule has 0 aromatic heterocycles. The fourth-order valence-corrected chi connectivity index (χ4v) is 2.15. The Kier molecular flexibility index (Phi) is 3.13. The van der Waals surface area contributed by atoms with E-state index < -0.39 is 11.9 Å². The van der Waals surface area contributed by atoms with Crippen molar-refractivity contribution < 1.29 is 14.7 Å². The molecule has 1 aliphatic rings. The van der Waals surface area contributed by atoms with E-state index in [1.54, 1.807) is 6.92 Å². The van der Waals surface area contributed by atoms with Gasteiger partial charge in [-0.2, -0.15) is 0 Å². The normalized spacial score (nSPS) is 26.3. The van der Waals surface area contributed by atoms with Crippen LogP contribution in [0.4, 0.5) is 0 Å². The van der Waals surface area contributed by atoms with Gasteiger partial charge in [0.25, 0.3) is 0 Å². The van der Waals surface area contributed by atoms with Crippen LogP contribution in [0.15, 0.2) is 30.3 Å². The summed E-state index contributed by atoms with van der Waals surface area (Å²) in [5.41, 5.74) is 1.01. The average Bonchev–Trinajstić information content (AvgIpc) is 2.99. The van der Waals surface area contributed by atoms with Crippen molar-refractivity contribution in [1.82, 2.24) is 5.32 Å². The fraction of sp³-hybridized carbons (Fsp3) is 0.385. The zero-order valence-electron chi connectivity index (χ0n) is 9.59. The van der Waals surface area contributed by atoms with Gasteiger partial charge in [0.1, 0.15) is 0 Å². The zero-order chi connectivity index (χ0) is 12.4. The van der Waals surface area contributed by atoms with Crippen LogP contribution in [0.5, 0.6) is 0 Å². The topological polar surface area (TPSA) is 66.4 Å². The Hall–Kier alpha value is -1.84. The number of rotatable bonds is 4. The van der Waals surface area contributed by atoms with Gasteiger partial charge in [-0.05, 0) is 11.5 Å². The van der Waals surface area contributed by atoms with E-state index in [0.29, 0.717) is 6.54 Å². The monoisotopic (exact) mass is 233 g/mol. The number of carbonyl (C=O) groups is 2. The van der Waals surface area contributed by atoms with Gasteiger partial charge in [-0.1, -0.05) is 37.3 Å². The minimum absolute atomic E-state index is 0.0525. The summed E-state index contributed by atoms with van der Waals surface area (Å²) in [6.07, 6.45) is 0. The van der Waals surface area contributed by atoms with E-state index in [2.05, 4.69) is 5.32 Å². The van der Waals surface area contributed by atoms with Crippen molar-refractivity contribution >= 4 is 11.9 Å². The first-order chi connectivity index (χ1) is 8.11. The van der Waals surface area contributed by atoms with E-state index in [0.717, 1.165) is 5.56 Å². The molecule has 4 nitrogen and oxygen atoms in total. The number of amides is 1. The van der Waals surface area contributed by atoms with Crippen LogP contribution in [0, 0.1) is 17.8 Å². The molecule has 2 N–H and O–H groups in total. The van der Waals surface area contributed by atoms with Crippen LogP contribution < -0.4 is 5.32 Å². The Bertz CT molecular complexity index is 430. The molecule has 1 saturated carbocycles. The Labute approximate surface area is 99.6 Å². The van der Waals surface area contributed by atoms with Gasteiger partial charge in [0, 0.05) is 6.54 Å². The van der Waals surface area contributed by atoms with Crippen LogP contribution >= 0.6 is 0 Å². The molecule has 0 spiro atoms. The summed E-state index contributed by atoms with van der Waals surface area (Å²) < 4.78 is 0. The molecule has 0 radical (unpaired) electrons. The molecule has 0 bridgehead atoms. The highest BCUT2D eigenvalue weighted by atomic mass is 16.4. The van der Waals surface area contributed by atoms with Crippen molar-refractivity contribution in [1.29, 1.82) is 0 Å². The molecule has 1 fully saturated rings. The number of hydrogen-bond acceptors (Lipinski definition) is 2. The van der Waals surface area contributed by atoms with E-state index >= 15 is 0 Å². The molecule has 0 saturated heterocycles. The van der Waals surface area contributed by atoms with Gasteiger partial charge in [0.15, 0.2) is 0 Å². The Balaban J connectivity index is 1.85. The van der Waals surface area contributed by atoms with Gasteiger partial charge in [-0.25, -0.2) is 0 Å². The molecule has 4 heteroatoms.